The molecule has 0 fully saturated rings. The lowest BCUT2D eigenvalue weighted by atomic mass is 10.0. The van der Waals surface area contributed by atoms with E-state index in [2.05, 4.69) is 15.5 Å². The lowest BCUT2D eigenvalue weighted by Crippen LogP contribution is -2.35. The molecule has 3 rings (SSSR count). The average Bonchev–Trinajstić information content (AvgIpc) is 2.94. The van der Waals surface area contributed by atoms with E-state index in [4.69, 9.17) is 16.3 Å². The van der Waals surface area contributed by atoms with Crippen molar-refractivity contribution in [2.45, 2.75) is 31.7 Å². The van der Waals surface area contributed by atoms with Crippen LogP contribution in [0, 0.1) is 0 Å². The van der Waals surface area contributed by atoms with Gasteiger partial charge in [-0.15, -0.1) is 5.10 Å². The maximum Gasteiger partial charge on any atom is 0.233 e. The molecule has 1 aromatic carbocycles. The number of likely N-dealkylation sites (N-methyl/N-ethyl adjacent to an activating group) is 1. The van der Waals surface area contributed by atoms with Crippen LogP contribution in [0.4, 0.5) is 0 Å². The summed E-state index contributed by atoms with van der Waals surface area (Å²) in [6.07, 6.45) is 2.75. The van der Waals surface area contributed by atoms with Gasteiger partial charge in [-0.2, -0.15) is 0 Å². The predicted octanol–water partition coefficient (Wildman–Crippen LogP) is 2.13. The van der Waals surface area contributed by atoms with E-state index in [0.29, 0.717) is 29.7 Å². The Bertz CT molecular complexity index is 705. The Balaban J connectivity index is 1.57. The first kappa shape index (κ1) is 16.7. The van der Waals surface area contributed by atoms with Crippen molar-refractivity contribution in [1.29, 1.82) is 0 Å². The number of carbonyl (C=O) groups excluding carboxylic acids is 1. The quantitative estimate of drug-likeness (QED) is 0.826. The number of carbonyl (C=O) groups is 1. The Hall–Kier alpha value is -2.15. The number of rotatable bonds is 5. The average molecular weight is 350 g/mol. The predicted molar refractivity (Wildman–Crippen MR) is 89.0 cm³/mol. The van der Waals surface area contributed by atoms with Gasteiger partial charge < -0.3 is 9.64 Å². The highest BCUT2D eigenvalue weighted by molar-refractivity contribution is 6.30. The molecular weight excluding hydrogens is 330 g/mol. The number of ether oxygens (including phenoxy) is 1. The lowest BCUT2D eigenvalue weighted by Gasteiger charge is -2.22. The van der Waals surface area contributed by atoms with Crippen LogP contribution in [0.5, 0.6) is 5.75 Å². The first-order valence-electron chi connectivity index (χ1n) is 8.04. The molecule has 2 heterocycles. The van der Waals surface area contributed by atoms with Gasteiger partial charge in [0.2, 0.25) is 5.91 Å². The van der Waals surface area contributed by atoms with E-state index in [9.17, 15) is 4.79 Å². The number of benzene rings is 1. The maximum atomic E-state index is 12.7. The van der Waals surface area contributed by atoms with Gasteiger partial charge >= 0.3 is 0 Å². The molecule has 1 aliphatic heterocycles. The van der Waals surface area contributed by atoms with Crippen molar-refractivity contribution < 1.29 is 9.53 Å². The number of halogens is 1. The standard InChI is InChI=1S/C16H20ClN5O2/c1-21(9-10-24-13-6-4-5-12(17)11-13)16(23)14-7-2-3-8-22-15(14)18-19-20-22/h4-6,11,14H,2-3,7-10H2,1H3. The number of hydrogen-bond donors (Lipinski definition) is 0. The Morgan fingerprint density at radius 3 is 3.17 bits per heavy atom. The zero-order chi connectivity index (χ0) is 16.9. The van der Waals surface area contributed by atoms with Crippen LogP contribution in [0.25, 0.3) is 0 Å². The molecule has 1 aliphatic rings. The number of aromatic nitrogens is 4. The second-order valence-corrected chi connectivity index (χ2v) is 6.31. The second-order valence-electron chi connectivity index (χ2n) is 5.87. The summed E-state index contributed by atoms with van der Waals surface area (Å²) in [5, 5.41) is 12.3. The fraction of sp³-hybridized carbons (Fsp3) is 0.500. The molecule has 1 atom stereocenters. The first-order valence-corrected chi connectivity index (χ1v) is 8.42. The third-order valence-electron chi connectivity index (χ3n) is 4.15. The molecule has 0 aliphatic carbocycles. The smallest absolute Gasteiger partial charge is 0.233 e. The minimum atomic E-state index is -0.279. The van der Waals surface area contributed by atoms with Gasteiger partial charge in [-0.25, -0.2) is 4.68 Å². The van der Waals surface area contributed by atoms with Gasteiger partial charge in [0.1, 0.15) is 12.4 Å². The molecule has 1 aromatic heterocycles. The summed E-state index contributed by atoms with van der Waals surface area (Å²) in [7, 11) is 1.78. The van der Waals surface area contributed by atoms with E-state index in [1.807, 2.05) is 12.1 Å². The summed E-state index contributed by atoms with van der Waals surface area (Å²) in [5.41, 5.74) is 0. The molecule has 0 spiro atoms. The Morgan fingerprint density at radius 1 is 1.46 bits per heavy atom. The minimum absolute atomic E-state index is 0.0302. The monoisotopic (exact) mass is 349 g/mol. The SMILES string of the molecule is CN(CCOc1cccc(Cl)c1)C(=O)C1CCCCn2nnnc21. The van der Waals surface area contributed by atoms with E-state index >= 15 is 0 Å². The largest absolute Gasteiger partial charge is 0.492 e. The number of aryl methyl sites for hydroxylation is 1. The highest BCUT2D eigenvalue weighted by Gasteiger charge is 2.30. The molecule has 128 valence electrons. The Morgan fingerprint density at radius 2 is 2.33 bits per heavy atom. The zero-order valence-corrected chi connectivity index (χ0v) is 14.3. The third kappa shape index (κ3) is 3.84. The number of nitrogens with zero attached hydrogens (tertiary/aromatic N) is 5. The van der Waals surface area contributed by atoms with Crippen LogP contribution >= 0.6 is 11.6 Å². The van der Waals surface area contributed by atoms with Crippen LogP contribution in [0.15, 0.2) is 24.3 Å². The molecule has 0 N–H and O–H groups in total. The molecule has 0 radical (unpaired) electrons. The van der Waals surface area contributed by atoms with E-state index < -0.39 is 0 Å². The van der Waals surface area contributed by atoms with Crippen molar-refractivity contribution in [2.24, 2.45) is 0 Å². The normalized spacial score (nSPS) is 17.0. The van der Waals surface area contributed by atoms with Gasteiger partial charge in [0.15, 0.2) is 5.82 Å². The zero-order valence-electron chi connectivity index (χ0n) is 13.6. The van der Waals surface area contributed by atoms with Crippen molar-refractivity contribution in [3.63, 3.8) is 0 Å². The van der Waals surface area contributed by atoms with Crippen molar-refractivity contribution in [1.82, 2.24) is 25.1 Å². The van der Waals surface area contributed by atoms with Crippen LogP contribution in [-0.4, -0.2) is 51.2 Å². The molecule has 0 saturated carbocycles. The van der Waals surface area contributed by atoms with Crippen LogP contribution in [-0.2, 0) is 11.3 Å². The number of fused-ring (bicyclic) bond motifs is 1. The van der Waals surface area contributed by atoms with Crippen molar-refractivity contribution in [3.8, 4) is 5.75 Å². The summed E-state index contributed by atoms with van der Waals surface area (Å²) < 4.78 is 7.39. The van der Waals surface area contributed by atoms with Crippen LogP contribution in [0.2, 0.25) is 5.02 Å². The van der Waals surface area contributed by atoms with E-state index in [0.717, 1.165) is 25.8 Å². The van der Waals surface area contributed by atoms with Gasteiger partial charge in [-0.1, -0.05) is 24.1 Å². The van der Waals surface area contributed by atoms with E-state index in [1.165, 1.54) is 0 Å². The highest BCUT2D eigenvalue weighted by Crippen LogP contribution is 2.25. The summed E-state index contributed by atoms with van der Waals surface area (Å²) in [6.45, 7) is 1.66. The van der Waals surface area contributed by atoms with Crippen LogP contribution in [0.3, 0.4) is 0 Å². The van der Waals surface area contributed by atoms with E-state index in [1.54, 1.807) is 28.8 Å². The number of amides is 1. The van der Waals surface area contributed by atoms with Crippen LogP contribution in [0.1, 0.15) is 31.0 Å². The van der Waals surface area contributed by atoms with Gasteiger partial charge in [-0.3, -0.25) is 4.79 Å². The van der Waals surface area contributed by atoms with Crippen molar-refractivity contribution >= 4 is 17.5 Å². The fourth-order valence-electron chi connectivity index (χ4n) is 2.83. The van der Waals surface area contributed by atoms with Gasteiger partial charge in [-0.05, 0) is 41.5 Å². The molecule has 2 aromatic rings. The maximum absolute atomic E-state index is 12.7. The van der Waals surface area contributed by atoms with Crippen molar-refractivity contribution in [2.75, 3.05) is 20.2 Å². The van der Waals surface area contributed by atoms with Crippen LogP contribution < -0.4 is 4.74 Å². The molecule has 7 nitrogen and oxygen atoms in total. The molecule has 1 unspecified atom stereocenters. The molecule has 0 saturated heterocycles. The Kier molecular flexibility index (Phi) is 5.30. The lowest BCUT2D eigenvalue weighted by molar-refractivity contribution is -0.132. The number of hydrogen-bond acceptors (Lipinski definition) is 5. The molecule has 0 bridgehead atoms. The second kappa shape index (κ2) is 7.61. The molecular formula is C16H20ClN5O2. The topological polar surface area (TPSA) is 73.1 Å². The molecule has 24 heavy (non-hydrogen) atoms. The summed E-state index contributed by atoms with van der Waals surface area (Å²) >= 11 is 5.93. The Labute approximate surface area is 145 Å². The summed E-state index contributed by atoms with van der Waals surface area (Å²) in [6, 6.07) is 7.22. The minimum Gasteiger partial charge on any atom is -0.492 e. The molecule has 1 amide bonds. The number of tetrazole rings is 1. The fourth-order valence-corrected chi connectivity index (χ4v) is 3.01. The highest BCUT2D eigenvalue weighted by atomic mass is 35.5. The first-order chi connectivity index (χ1) is 11.6. The van der Waals surface area contributed by atoms with Gasteiger partial charge in [0.25, 0.3) is 0 Å². The third-order valence-corrected chi connectivity index (χ3v) is 4.38. The summed E-state index contributed by atoms with van der Waals surface area (Å²) in [4.78, 5) is 14.4. The van der Waals surface area contributed by atoms with Crippen molar-refractivity contribution in [3.05, 3.63) is 35.1 Å². The van der Waals surface area contributed by atoms with Gasteiger partial charge in [0, 0.05) is 18.6 Å². The summed E-state index contributed by atoms with van der Waals surface area (Å²) in [5.74, 6) is 1.11. The molecule has 8 heteroatoms. The van der Waals surface area contributed by atoms with Gasteiger partial charge in [0.05, 0.1) is 12.5 Å². The van der Waals surface area contributed by atoms with E-state index in [-0.39, 0.29) is 11.8 Å².